The molecule has 0 N–H and O–H groups in total. The average molecular weight is 307 g/mol. The van der Waals surface area contributed by atoms with Gasteiger partial charge in [-0.25, -0.2) is 0 Å². The van der Waals surface area contributed by atoms with E-state index in [1.807, 2.05) is 13.8 Å². The van der Waals surface area contributed by atoms with Gasteiger partial charge in [-0.3, -0.25) is 0 Å². The van der Waals surface area contributed by atoms with Crippen LogP contribution in [0.5, 0.6) is 0 Å². The average Bonchev–Trinajstić information content (AvgIpc) is 2.46. The highest BCUT2D eigenvalue weighted by Gasteiger charge is 2.35. The Bertz CT molecular complexity index is 190. The Hall–Kier alpha value is 0.0569. The zero-order chi connectivity index (χ0) is 15.1. The molecule has 0 bridgehead atoms. The summed E-state index contributed by atoms with van der Waals surface area (Å²) in [5.74, 6) is 0. The monoisotopic (exact) mass is 306 g/mol. The molecule has 0 saturated carbocycles. The third-order valence-electron chi connectivity index (χ3n) is 3.14. The smallest absolute Gasteiger partial charge is 0.338 e. The summed E-state index contributed by atoms with van der Waals surface area (Å²) >= 11 is 0. The number of hydrogen-bond acceptors (Lipinski definition) is 4. The van der Waals surface area contributed by atoms with Gasteiger partial charge in [0.2, 0.25) is 0 Å². The van der Waals surface area contributed by atoms with Crippen LogP contribution in [0.4, 0.5) is 0 Å². The molecule has 0 aromatic carbocycles. The topological polar surface area (TPSA) is 36.9 Å². The molecule has 0 aromatic heterocycles. The molecule has 5 heteroatoms. The quantitative estimate of drug-likeness (QED) is 0.341. The summed E-state index contributed by atoms with van der Waals surface area (Å²) in [6.45, 7) is 12.5. The van der Waals surface area contributed by atoms with Crippen LogP contribution >= 0.6 is 0 Å². The molecule has 0 heterocycles. The maximum absolute atomic E-state index is 6.19. The van der Waals surface area contributed by atoms with E-state index in [1.165, 1.54) is 12.8 Å². The highest BCUT2D eigenvalue weighted by molar-refractivity contribution is 6.67. The Balaban J connectivity index is 4.32. The van der Waals surface area contributed by atoms with E-state index in [1.54, 1.807) is 0 Å². The molecule has 0 unspecified atom stereocenters. The molecule has 0 aliphatic heterocycles. The van der Waals surface area contributed by atoms with Crippen molar-refractivity contribution < 1.29 is 18.3 Å². The molecule has 122 valence electrons. The molecule has 20 heavy (non-hydrogen) atoms. The van der Waals surface area contributed by atoms with Gasteiger partial charge in [-0.05, 0) is 25.9 Å². The molecule has 4 nitrogen and oxygen atoms in total. The van der Waals surface area contributed by atoms with Gasteiger partial charge in [0.15, 0.2) is 0 Å². The summed E-state index contributed by atoms with van der Waals surface area (Å²) in [5.41, 5.74) is 0. The Morgan fingerprint density at radius 2 is 1.20 bits per heavy atom. The second-order valence-electron chi connectivity index (χ2n) is 4.86. The van der Waals surface area contributed by atoms with Crippen molar-refractivity contribution in [3.8, 4) is 0 Å². The standard InChI is InChI=1S/C15H34O4Si/c1-5-9-15-20(14-6-2,18-12-10-16-7-3)19-13-11-17-8-4/h5-15H2,1-4H3. The molecular formula is C15H34O4Si. The number of ether oxygens (including phenoxy) is 2. The van der Waals surface area contributed by atoms with E-state index in [9.17, 15) is 0 Å². The van der Waals surface area contributed by atoms with Gasteiger partial charge in [-0.1, -0.05) is 33.1 Å². The Kier molecular flexibility index (Phi) is 14.1. The lowest BCUT2D eigenvalue weighted by Crippen LogP contribution is -2.43. The van der Waals surface area contributed by atoms with Crippen molar-refractivity contribution in [3.05, 3.63) is 0 Å². The molecule has 0 rings (SSSR count). The number of rotatable bonds is 15. The molecule has 0 fully saturated rings. The van der Waals surface area contributed by atoms with Gasteiger partial charge in [-0.15, -0.1) is 0 Å². The van der Waals surface area contributed by atoms with Crippen LogP contribution in [0, 0.1) is 0 Å². The minimum Gasteiger partial charge on any atom is -0.392 e. The third-order valence-corrected chi connectivity index (χ3v) is 6.97. The Morgan fingerprint density at radius 1 is 0.650 bits per heavy atom. The van der Waals surface area contributed by atoms with Crippen LogP contribution < -0.4 is 0 Å². The maximum atomic E-state index is 6.19. The van der Waals surface area contributed by atoms with E-state index < -0.39 is 8.56 Å². The van der Waals surface area contributed by atoms with Gasteiger partial charge in [0.25, 0.3) is 0 Å². The van der Waals surface area contributed by atoms with Crippen LogP contribution in [0.1, 0.15) is 47.0 Å². The first-order valence-electron chi connectivity index (χ1n) is 8.18. The lowest BCUT2D eigenvalue weighted by atomic mass is 10.4. The molecule has 0 aliphatic carbocycles. The van der Waals surface area contributed by atoms with E-state index in [0.29, 0.717) is 26.4 Å². The molecule has 0 aliphatic rings. The third kappa shape index (κ3) is 9.88. The largest absolute Gasteiger partial charge is 0.392 e. The van der Waals surface area contributed by atoms with Crippen LogP contribution in [0.25, 0.3) is 0 Å². The first-order chi connectivity index (χ1) is 9.74. The highest BCUT2D eigenvalue weighted by Crippen LogP contribution is 2.23. The lowest BCUT2D eigenvalue weighted by molar-refractivity contribution is 0.0639. The van der Waals surface area contributed by atoms with Crippen molar-refractivity contribution in [1.29, 1.82) is 0 Å². The molecule has 0 amide bonds. The molecular weight excluding hydrogens is 272 g/mol. The fraction of sp³-hybridized carbons (Fsp3) is 1.00. The lowest BCUT2D eigenvalue weighted by Gasteiger charge is -2.30. The summed E-state index contributed by atoms with van der Waals surface area (Å²) < 4.78 is 23.1. The molecule has 0 radical (unpaired) electrons. The van der Waals surface area contributed by atoms with Crippen molar-refractivity contribution in [2.45, 2.75) is 59.0 Å². The van der Waals surface area contributed by atoms with Crippen molar-refractivity contribution in [2.24, 2.45) is 0 Å². The van der Waals surface area contributed by atoms with Crippen molar-refractivity contribution in [1.82, 2.24) is 0 Å². The van der Waals surface area contributed by atoms with E-state index in [0.717, 1.165) is 31.7 Å². The van der Waals surface area contributed by atoms with Gasteiger partial charge in [-0.2, -0.15) is 0 Å². The molecule has 0 aromatic rings. The zero-order valence-corrected chi connectivity index (χ0v) is 14.9. The first kappa shape index (κ1) is 20.1. The molecule has 0 saturated heterocycles. The van der Waals surface area contributed by atoms with Crippen LogP contribution in [0.15, 0.2) is 0 Å². The summed E-state index contributed by atoms with van der Waals surface area (Å²) in [7, 11) is -2.08. The molecule has 0 atom stereocenters. The van der Waals surface area contributed by atoms with Crippen LogP contribution in [-0.4, -0.2) is 48.2 Å². The van der Waals surface area contributed by atoms with Gasteiger partial charge in [0, 0.05) is 13.2 Å². The minimum absolute atomic E-state index is 0.651. The van der Waals surface area contributed by atoms with Crippen LogP contribution in [-0.2, 0) is 18.3 Å². The van der Waals surface area contributed by atoms with E-state index in [-0.39, 0.29) is 0 Å². The fourth-order valence-corrected chi connectivity index (χ4v) is 5.62. The highest BCUT2D eigenvalue weighted by atomic mass is 28.4. The van der Waals surface area contributed by atoms with Gasteiger partial charge < -0.3 is 18.3 Å². The first-order valence-corrected chi connectivity index (χ1v) is 10.4. The van der Waals surface area contributed by atoms with E-state index in [4.69, 9.17) is 18.3 Å². The van der Waals surface area contributed by atoms with E-state index in [2.05, 4.69) is 13.8 Å². The number of unbranched alkanes of at least 4 members (excludes halogenated alkanes) is 1. The summed E-state index contributed by atoms with van der Waals surface area (Å²) in [4.78, 5) is 0. The van der Waals surface area contributed by atoms with Crippen LogP contribution in [0.3, 0.4) is 0 Å². The number of hydrogen-bond donors (Lipinski definition) is 0. The van der Waals surface area contributed by atoms with Crippen molar-refractivity contribution >= 4 is 8.56 Å². The zero-order valence-electron chi connectivity index (χ0n) is 13.9. The van der Waals surface area contributed by atoms with Crippen LogP contribution in [0.2, 0.25) is 12.1 Å². The second-order valence-corrected chi connectivity index (χ2v) is 8.25. The summed E-state index contributed by atoms with van der Waals surface area (Å²) in [6, 6.07) is 2.14. The predicted octanol–water partition coefficient (Wildman–Crippen LogP) is 3.74. The maximum Gasteiger partial charge on any atom is 0.338 e. The second kappa shape index (κ2) is 14.0. The van der Waals surface area contributed by atoms with Crippen molar-refractivity contribution in [3.63, 3.8) is 0 Å². The van der Waals surface area contributed by atoms with Gasteiger partial charge in [0.05, 0.1) is 26.4 Å². The van der Waals surface area contributed by atoms with Gasteiger partial charge in [0.1, 0.15) is 0 Å². The van der Waals surface area contributed by atoms with E-state index >= 15 is 0 Å². The predicted molar refractivity (Wildman–Crippen MR) is 85.5 cm³/mol. The fourth-order valence-electron chi connectivity index (χ4n) is 2.14. The van der Waals surface area contributed by atoms with Gasteiger partial charge >= 0.3 is 8.56 Å². The summed E-state index contributed by atoms with van der Waals surface area (Å²) in [5, 5.41) is 0. The SMILES string of the molecule is CCCC[Si](CCC)(OCCOCC)OCCOCC. The molecule has 0 spiro atoms. The Morgan fingerprint density at radius 3 is 1.60 bits per heavy atom. The summed E-state index contributed by atoms with van der Waals surface area (Å²) in [6.07, 6.45) is 3.47. The Labute approximate surface area is 126 Å². The normalized spacial score (nSPS) is 12.0. The minimum atomic E-state index is -2.08. The van der Waals surface area contributed by atoms with Crippen molar-refractivity contribution in [2.75, 3.05) is 39.6 Å².